The summed E-state index contributed by atoms with van der Waals surface area (Å²) in [6.07, 6.45) is 8.34. The molecule has 1 unspecified atom stereocenters. The number of aromatic nitrogens is 2. The Balaban J connectivity index is 1.29. The first-order valence-electron chi connectivity index (χ1n) is 9.71. The van der Waals surface area contributed by atoms with Crippen LogP contribution < -0.4 is 0 Å². The van der Waals surface area contributed by atoms with Gasteiger partial charge in [0.1, 0.15) is 6.04 Å². The maximum absolute atomic E-state index is 12.8. The SMILES string of the molecule is O=C(C1CC=CC1)N1CCCC1c1nc(CCOCc2ccccc2)no1. The minimum Gasteiger partial charge on any atom is -0.376 e. The van der Waals surface area contributed by atoms with Gasteiger partial charge in [-0.25, -0.2) is 0 Å². The van der Waals surface area contributed by atoms with Crippen molar-refractivity contribution in [1.82, 2.24) is 15.0 Å². The summed E-state index contributed by atoms with van der Waals surface area (Å²) in [7, 11) is 0. The highest BCUT2D eigenvalue weighted by molar-refractivity contribution is 5.80. The molecule has 0 saturated carbocycles. The average molecular weight is 367 g/mol. The summed E-state index contributed by atoms with van der Waals surface area (Å²) in [6.45, 7) is 1.89. The zero-order valence-corrected chi connectivity index (χ0v) is 15.4. The molecule has 1 aromatic carbocycles. The topological polar surface area (TPSA) is 68.5 Å². The van der Waals surface area contributed by atoms with Gasteiger partial charge in [0.2, 0.25) is 11.8 Å². The van der Waals surface area contributed by atoms with Gasteiger partial charge in [-0.2, -0.15) is 4.98 Å². The van der Waals surface area contributed by atoms with Gasteiger partial charge in [0.05, 0.1) is 13.2 Å². The lowest BCUT2D eigenvalue weighted by Gasteiger charge is -2.24. The van der Waals surface area contributed by atoms with E-state index in [1.165, 1.54) is 0 Å². The molecule has 0 N–H and O–H groups in total. The van der Waals surface area contributed by atoms with E-state index in [0.717, 1.165) is 37.8 Å². The number of rotatable bonds is 7. The zero-order chi connectivity index (χ0) is 18.5. The lowest BCUT2D eigenvalue weighted by atomic mass is 10.1. The standard InChI is InChI=1S/C21H25N3O3/c25-21(17-9-4-5-10-17)24-13-6-11-18(24)20-22-19(23-27-20)12-14-26-15-16-7-2-1-3-8-16/h1-5,7-8,17-18H,6,9-15H2. The highest BCUT2D eigenvalue weighted by atomic mass is 16.5. The van der Waals surface area contributed by atoms with E-state index in [2.05, 4.69) is 22.3 Å². The second kappa shape index (κ2) is 8.48. The fourth-order valence-electron chi connectivity index (χ4n) is 3.77. The number of likely N-dealkylation sites (tertiary alicyclic amines) is 1. The van der Waals surface area contributed by atoms with Crippen LogP contribution in [0.5, 0.6) is 0 Å². The molecule has 6 nitrogen and oxygen atoms in total. The van der Waals surface area contributed by atoms with Crippen molar-refractivity contribution in [3.05, 3.63) is 59.8 Å². The van der Waals surface area contributed by atoms with Crippen LogP contribution in [0.15, 0.2) is 47.0 Å². The van der Waals surface area contributed by atoms with Crippen molar-refractivity contribution >= 4 is 5.91 Å². The van der Waals surface area contributed by atoms with E-state index in [-0.39, 0.29) is 17.9 Å². The molecule has 1 aliphatic carbocycles. The van der Waals surface area contributed by atoms with Gasteiger partial charge in [-0.15, -0.1) is 0 Å². The van der Waals surface area contributed by atoms with Crippen molar-refractivity contribution in [3.63, 3.8) is 0 Å². The molecule has 0 spiro atoms. The molecule has 1 fully saturated rings. The minimum atomic E-state index is -0.0791. The molecule has 2 heterocycles. The highest BCUT2D eigenvalue weighted by Crippen LogP contribution is 2.34. The number of amides is 1. The van der Waals surface area contributed by atoms with E-state index >= 15 is 0 Å². The highest BCUT2D eigenvalue weighted by Gasteiger charge is 2.36. The maximum Gasteiger partial charge on any atom is 0.249 e. The Kier molecular flexibility index (Phi) is 5.63. The van der Waals surface area contributed by atoms with Crippen molar-refractivity contribution in [1.29, 1.82) is 0 Å². The summed E-state index contributed by atoms with van der Waals surface area (Å²) in [5.41, 5.74) is 1.15. The van der Waals surface area contributed by atoms with E-state index < -0.39 is 0 Å². The van der Waals surface area contributed by atoms with Gasteiger partial charge < -0.3 is 14.2 Å². The normalized spacial score (nSPS) is 19.9. The summed E-state index contributed by atoms with van der Waals surface area (Å²) in [4.78, 5) is 19.2. The number of nitrogens with zero attached hydrogens (tertiary/aromatic N) is 3. The largest absolute Gasteiger partial charge is 0.376 e. The first-order chi connectivity index (χ1) is 13.3. The summed E-state index contributed by atoms with van der Waals surface area (Å²) in [5.74, 6) is 1.50. The van der Waals surface area contributed by atoms with Gasteiger partial charge >= 0.3 is 0 Å². The van der Waals surface area contributed by atoms with Crippen LogP contribution in [-0.4, -0.2) is 34.1 Å². The van der Waals surface area contributed by atoms with Crippen LogP contribution in [-0.2, 0) is 22.6 Å². The molecule has 1 amide bonds. The van der Waals surface area contributed by atoms with Crippen molar-refractivity contribution < 1.29 is 14.1 Å². The van der Waals surface area contributed by atoms with Gasteiger partial charge in [0.25, 0.3) is 0 Å². The first-order valence-corrected chi connectivity index (χ1v) is 9.71. The third-order valence-corrected chi connectivity index (χ3v) is 5.24. The lowest BCUT2D eigenvalue weighted by Crippen LogP contribution is -2.35. The zero-order valence-electron chi connectivity index (χ0n) is 15.4. The molecule has 2 aromatic rings. The third kappa shape index (κ3) is 4.27. The Hall–Kier alpha value is -2.47. The van der Waals surface area contributed by atoms with Gasteiger partial charge in [-0.3, -0.25) is 4.79 Å². The first kappa shape index (κ1) is 17.9. The molecular weight excluding hydrogens is 342 g/mol. The Morgan fingerprint density at radius 3 is 2.85 bits per heavy atom. The molecule has 0 radical (unpaired) electrons. The number of ether oxygens (including phenoxy) is 1. The smallest absolute Gasteiger partial charge is 0.249 e. The van der Waals surface area contributed by atoms with Crippen molar-refractivity contribution in [3.8, 4) is 0 Å². The fraction of sp³-hybridized carbons (Fsp3) is 0.476. The number of allylic oxidation sites excluding steroid dienone is 2. The van der Waals surface area contributed by atoms with E-state index in [0.29, 0.717) is 31.3 Å². The van der Waals surface area contributed by atoms with Crippen LogP contribution in [0.4, 0.5) is 0 Å². The van der Waals surface area contributed by atoms with Crippen LogP contribution in [0.2, 0.25) is 0 Å². The van der Waals surface area contributed by atoms with Crippen LogP contribution in [0.25, 0.3) is 0 Å². The molecule has 1 saturated heterocycles. The molecule has 1 aromatic heterocycles. The quantitative estimate of drug-likeness (QED) is 0.554. The second-order valence-corrected chi connectivity index (χ2v) is 7.17. The van der Waals surface area contributed by atoms with E-state index in [9.17, 15) is 4.79 Å². The number of benzene rings is 1. The molecule has 2 aliphatic rings. The van der Waals surface area contributed by atoms with Crippen molar-refractivity contribution in [2.24, 2.45) is 5.92 Å². The maximum atomic E-state index is 12.8. The number of hydrogen-bond acceptors (Lipinski definition) is 5. The molecular formula is C21H25N3O3. The Morgan fingerprint density at radius 2 is 2.04 bits per heavy atom. The summed E-state index contributed by atoms with van der Waals surface area (Å²) >= 11 is 0. The van der Waals surface area contributed by atoms with E-state index in [1.54, 1.807) is 0 Å². The molecule has 4 rings (SSSR count). The van der Waals surface area contributed by atoms with E-state index in [1.807, 2.05) is 35.2 Å². The van der Waals surface area contributed by atoms with E-state index in [4.69, 9.17) is 9.26 Å². The summed E-state index contributed by atoms with van der Waals surface area (Å²) in [6, 6.07) is 9.99. The molecule has 27 heavy (non-hydrogen) atoms. The Bertz CT molecular complexity index is 779. The number of hydrogen-bond donors (Lipinski definition) is 0. The summed E-state index contributed by atoms with van der Waals surface area (Å²) < 4.78 is 11.2. The van der Waals surface area contributed by atoms with Gasteiger partial charge in [-0.05, 0) is 31.2 Å². The Labute approximate surface area is 159 Å². The molecule has 0 bridgehead atoms. The predicted molar refractivity (Wildman–Crippen MR) is 99.7 cm³/mol. The van der Waals surface area contributed by atoms with Crippen LogP contribution >= 0.6 is 0 Å². The fourth-order valence-corrected chi connectivity index (χ4v) is 3.77. The van der Waals surface area contributed by atoms with Crippen LogP contribution in [0.1, 0.15) is 49.0 Å². The molecule has 1 atom stereocenters. The third-order valence-electron chi connectivity index (χ3n) is 5.24. The average Bonchev–Trinajstić information content (AvgIpc) is 3.47. The van der Waals surface area contributed by atoms with Crippen LogP contribution in [0, 0.1) is 5.92 Å². The Morgan fingerprint density at radius 1 is 1.22 bits per heavy atom. The van der Waals surface area contributed by atoms with Crippen LogP contribution in [0.3, 0.4) is 0 Å². The van der Waals surface area contributed by atoms with Crippen molar-refractivity contribution in [2.75, 3.05) is 13.2 Å². The second-order valence-electron chi connectivity index (χ2n) is 7.17. The minimum absolute atomic E-state index is 0.0791. The molecule has 6 heteroatoms. The van der Waals surface area contributed by atoms with Gasteiger partial charge in [0, 0.05) is 18.9 Å². The van der Waals surface area contributed by atoms with Gasteiger partial charge in [0.15, 0.2) is 5.82 Å². The summed E-state index contributed by atoms with van der Waals surface area (Å²) in [5, 5.41) is 4.08. The van der Waals surface area contributed by atoms with Gasteiger partial charge in [-0.1, -0.05) is 47.6 Å². The monoisotopic (exact) mass is 367 g/mol. The van der Waals surface area contributed by atoms with Crippen molar-refractivity contribution in [2.45, 2.75) is 44.8 Å². The molecule has 142 valence electrons. The predicted octanol–water partition coefficient (Wildman–Crippen LogP) is 3.46. The lowest BCUT2D eigenvalue weighted by molar-refractivity contribution is -0.136. The molecule has 1 aliphatic heterocycles. The number of carbonyl (C=O) groups excluding carboxylic acids is 1. The number of carbonyl (C=O) groups is 1.